The van der Waals surface area contributed by atoms with Crippen molar-refractivity contribution in [3.05, 3.63) is 23.5 Å². The third kappa shape index (κ3) is 5.14. The van der Waals surface area contributed by atoms with E-state index in [9.17, 15) is 0 Å². The molecule has 0 aliphatic carbocycles. The van der Waals surface area contributed by atoms with Crippen molar-refractivity contribution < 1.29 is 4.74 Å². The molecule has 0 aromatic carbocycles. The Labute approximate surface area is 81.5 Å². The van der Waals surface area contributed by atoms with Gasteiger partial charge in [0.1, 0.15) is 5.76 Å². The molecule has 0 saturated heterocycles. The van der Waals surface area contributed by atoms with Gasteiger partial charge in [-0.15, -0.1) is 12.3 Å². The lowest BCUT2D eigenvalue weighted by Crippen LogP contribution is -1.95. The lowest BCUT2D eigenvalue weighted by molar-refractivity contribution is 0.219. The molecule has 0 aromatic heterocycles. The fourth-order valence-electron chi connectivity index (χ4n) is 0.840. The maximum absolute atomic E-state index is 5.54. The molecule has 0 spiro atoms. The first-order valence-electron chi connectivity index (χ1n) is 4.66. The molecule has 1 nitrogen and oxygen atoms in total. The molecule has 0 bridgehead atoms. The Bertz CT molecular complexity index is 228. The Balaban J connectivity index is 4.29. The van der Waals surface area contributed by atoms with Gasteiger partial charge in [-0.05, 0) is 31.9 Å². The topological polar surface area (TPSA) is 9.23 Å². The van der Waals surface area contributed by atoms with Crippen molar-refractivity contribution in [3.63, 3.8) is 0 Å². The molecule has 0 saturated carbocycles. The Morgan fingerprint density at radius 2 is 2.23 bits per heavy atom. The standard InChI is InChI=1S/C12H18O/c1-5-8-9-12(11(4)7-3)13-10-6-2/h1,7,9H,6,8,10H2,2-4H3/b11-7-,12-9+. The van der Waals surface area contributed by atoms with E-state index < -0.39 is 0 Å². The van der Waals surface area contributed by atoms with Crippen molar-refractivity contribution in [2.45, 2.75) is 33.6 Å². The summed E-state index contributed by atoms with van der Waals surface area (Å²) in [5.41, 5.74) is 1.14. The van der Waals surface area contributed by atoms with Crippen molar-refractivity contribution in [3.8, 4) is 12.3 Å². The first kappa shape index (κ1) is 11.8. The summed E-state index contributed by atoms with van der Waals surface area (Å²) in [6.45, 7) is 6.86. The normalized spacial score (nSPS) is 12.5. The lowest BCUT2D eigenvalue weighted by Gasteiger charge is -2.09. The second-order valence-electron chi connectivity index (χ2n) is 2.80. The van der Waals surface area contributed by atoms with E-state index in [0.29, 0.717) is 6.42 Å². The van der Waals surface area contributed by atoms with E-state index in [0.717, 1.165) is 24.4 Å². The summed E-state index contributed by atoms with van der Waals surface area (Å²) < 4.78 is 5.54. The molecule has 0 aliphatic heterocycles. The zero-order valence-electron chi connectivity index (χ0n) is 8.76. The van der Waals surface area contributed by atoms with Crippen LogP contribution in [0.2, 0.25) is 0 Å². The first-order valence-corrected chi connectivity index (χ1v) is 4.66. The lowest BCUT2D eigenvalue weighted by atomic mass is 10.2. The highest BCUT2D eigenvalue weighted by Gasteiger charge is 1.98. The van der Waals surface area contributed by atoms with Crippen molar-refractivity contribution in [1.82, 2.24) is 0 Å². The highest BCUT2D eigenvalue weighted by molar-refractivity contribution is 5.24. The molecular weight excluding hydrogens is 160 g/mol. The van der Waals surface area contributed by atoms with E-state index in [4.69, 9.17) is 11.2 Å². The second kappa shape index (κ2) is 7.49. The molecule has 0 fully saturated rings. The third-order valence-electron chi connectivity index (χ3n) is 1.69. The molecule has 72 valence electrons. The molecule has 0 heterocycles. The van der Waals surface area contributed by atoms with Gasteiger partial charge in [-0.1, -0.05) is 13.0 Å². The van der Waals surface area contributed by atoms with Crippen molar-refractivity contribution >= 4 is 0 Å². The number of ether oxygens (including phenoxy) is 1. The molecule has 1 heteroatoms. The smallest absolute Gasteiger partial charge is 0.118 e. The van der Waals surface area contributed by atoms with Crippen LogP contribution < -0.4 is 0 Å². The molecule has 0 unspecified atom stereocenters. The van der Waals surface area contributed by atoms with E-state index in [1.54, 1.807) is 0 Å². The van der Waals surface area contributed by atoms with Gasteiger partial charge in [0.25, 0.3) is 0 Å². The first-order chi connectivity index (χ1) is 6.26. The van der Waals surface area contributed by atoms with Crippen LogP contribution in [-0.2, 0) is 4.74 Å². The number of allylic oxidation sites excluding steroid dienone is 3. The van der Waals surface area contributed by atoms with Crippen LogP contribution >= 0.6 is 0 Å². The summed E-state index contributed by atoms with van der Waals surface area (Å²) in [5.74, 6) is 3.49. The molecule has 0 atom stereocenters. The van der Waals surface area contributed by atoms with Crippen molar-refractivity contribution in [1.29, 1.82) is 0 Å². The summed E-state index contributed by atoms with van der Waals surface area (Å²) in [6.07, 6.45) is 10.8. The maximum Gasteiger partial charge on any atom is 0.118 e. The molecule has 0 rings (SSSR count). The molecule has 0 aromatic rings. The van der Waals surface area contributed by atoms with Gasteiger partial charge in [-0.3, -0.25) is 0 Å². The number of rotatable bonds is 5. The molecule has 0 N–H and O–H groups in total. The third-order valence-corrected chi connectivity index (χ3v) is 1.69. The van der Waals surface area contributed by atoms with Crippen LogP contribution in [0.4, 0.5) is 0 Å². The summed E-state index contributed by atoms with van der Waals surface area (Å²) in [6, 6.07) is 0. The molecule has 0 amide bonds. The van der Waals surface area contributed by atoms with Crippen LogP contribution in [0.3, 0.4) is 0 Å². The summed E-state index contributed by atoms with van der Waals surface area (Å²) >= 11 is 0. The molecule has 0 aliphatic rings. The molecule has 13 heavy (non-hydrogen) atoms. The predicted molar refractivity (Wildman–Crippen MR) is 57.2 cm³/mol. The van der Waals surface area contributed by atoms with Gasteiger partial charge >= 0.3 is 0 Å². The van der Waals surface area contributed by atoms with Crippen LogP contribution in [0.5, 0.6) is 0 Å². The Morgan fingerprint density at radius 3 is 2.69 bits per heavy atom. The minimum atomic E-state index is 0.629. The summed E-state index contributed by atoms with van der Waals surface area (Å²) in [7, 11) is 0. The van der Waals surface area contributed by atoms with Gasteiger partial charge in [0.05, 0.1) is 6.61 Å². The van der Waals surface area contributed by atoms with Gasteiger partial charge < -0.3 is 4.74 Å². The van der Waals surface area contributed by atoms with Gasteiger partial charge in [0, 0.05) is 6.42 Å². The number of hydrogen-bond acceptors (Lipinski definition) is 1. The van der Waals surface area contributed by atoms with Crippen LogP contribution in [0.25, 0.3) is 0 Å². The average molecular weight is 178 g/mol. The quantitative estimate of drug-likeness (QED) is 0.356. The Morgan fingerprint density at radius 1 is 1.54 bits per heavy atom. The van der Waals surface area contributed by atoms with E-state index >= 15 is 0 Å². The fraction of sp³-hybridized carbons (Fsp3) is 0.500. The zero-order chi connectivity index (χ0) is 10.1. The number of hydrogen-bond donors (Lipinski definition) is 0. The van der Waals surface area contributed by atoms with Crippen LogP contribution in [0.15, 0.2) is 23.5 Å². The Kier molecular flexibility index (Phi) is 6.82. The minimum absolute atomic E-state index is 0.629. The number of terminal acetylenes is 1. The molecular formula is C12H18O. The minimum Gasteiger partial charge on any atom is -0.494 e. The predicted octanol–water partition coefficient (Wildman–Crippen LogP) is 3.29. The van der Waals surface area contributed by atoms with E-state index in [-0.39, 0.29) is 0 Å². The monoisotopic (exact) mass is 178 g/mol. The highest BCUT2D eigenvalue weighted by Crippen LogP contribution is 2.11. The van der Waals surface area contributed by atoms with E-state index in [1.165, 1.54) is 0 Å². The SMILES string of the molecule is C#CC/C=C(OCCC)\C(C)=C/C. The largest absolute Gasteiger partial charge is 0.494 e. The molecule has 0 radical (unpaired) electrons. The van der Waals surface area contributed by atoms with Crippen LogP contribution in [0, 0.1) is 12.3 Å². The highest BCUT2D eigenvalue weighted by atomic mass is 16.5. The van der Waals surface area contributed by atoms with E-state index in [1.807, 2.05) is 26.0 Å². The summed E-state index contributed by atoms with van der Waals surface area (Å²) in [4.78, 5) is 0. The maximum atomic E-state index is 5.54. The Hall–Kier alpha value is -1.16. The van der Waals surface area contributed by atoms with Crippen LogP contribution in [0.1, 0.15) is 33.6 Å². The van der Waals surface area contributed by atoms with Gasteiger partial charge in [-0.25, -0.2) is 0 Å². The average Bonchev–Trinajstić information content (AvgIpc) is 2.17. The van der Waals surface area contributed by atoms with Crippen LogP contribution in [-0.4, -0.2) is 6.61 Å². The fourth-order valence-corrected chi connectivity index (χ4v) is 0.840. The van der Waals surface area contributed by atoms with Crippen molar-refractivity contribution in [2.24, 2.45) is 0 Å². The van der Waals surface area contributed by atoms with Gasteiger partial charge in [0.2, 0.25) is 0 Å². The van der Waals surface area contributed by atoms with Crippen molar-refractivity contribution in [2.75, 3.05) is 6.61 Å². The zero-order valence-corrected chi connectivity index (χ0v) is 8.76. The van der Waals surface area contributed by atoms with Gasteiger partial charge in [0.15, 0.2) is 0 Å². The van der Waals surface area contributed by atoms with Gasteiger partial charge in [-0.2, -0.15) is 0 Å². The second-order valence-corrected chi connectivity index (χ2v) is 2.80. The summed E-state index contributed by atoms with van der Waals surface area (Å²) in [5, 5.41) is 0. The van der Waals surface area contributed by atoms with E-state index in [2.05, 4.69) is 12.8 Å².